The average molecular weight is 364 g/mol. The first-order valence-corrected chi connectivity index (χ1v) is 9.53. The molecule has 0 bridgehead atoms. The second-order valence-electron chi connectivity index (χ2n) is 6.16. The smallest absolute Gasteiger partial charge is 0.235 e. The van der Waals surface area contributed by atoms with E-state index in [2.05, 4.69) is 45.0 Å². The molecule has 1 aliphatic heterocycles. The summed E-state index contributed by atoms with van der Waals surface area (Å²) >= 11 is 1.61. The Morgan fingerprint density at radius 2 is 1.92 bits per heavy atom. The van der Waals surface area contributed by atoms with E-state index in [1.54, 1.807) is 18.0 Å². The van der Waals surface area contributed by atoms with Crippen LogP contribution in [0.2, 0.25) is 0 Å². The number of nitrogen functional groups attached to an aromatic ring is 1. The Balaban J connectivity index is 1.65. The third-order valence-corrected chi connectivity index (χ3v) is 5.36. The van der Waals surface area contributed by atoms with Gasteiger partial charge in [0.25, 0.3) is 0 Å². The monoisotopic (exact) mass is 364 g/mol. The summed E-state index contributed by atoms with van der Waals surface area (Å²) in [6.07, 6.45) is 3.93. The topological polar surface area (TPSA) is 80.8 Å². The number of aromatic nitrogens is 4. The molecule has 3 aromatic rings. The lowest BCUT2D eigenvalue weighted by molar-refractivity contribution is 0.741. The Kier molecular flexibility index (Phi) is 4.71. The number of anilines is 3. The number of nitrogens with zero attached hydrogens (tertiary/aromatic N) is 5. The number of para-hydroxylation sites is 1. The Morgan fingerprint density at radius 1 is 1.08 bits per heavy atom. The molecule has 1 atom stereocenters. The fraction of sp³-hybridized carbons (Fsp3) is 0.263. The van der Waals surface area contributed by atoms with Crippen molar-refractivity contribution in [1.82, 2.24) is 19.9 Å². The first-order valence-electron chi connectivity index (χ1n) is 8.65. The van der Waals surface area contributed by atoms with Crippen LogP contribution in [-0.2, 0) is 6.42 Å². The number of nitrogens with two attached hydrogens (primary N) is 1. The standard InChI is InChI=1S/C19H20N6S/c1-13(26-16-10-4-5-11-21-16)17-22-18(20)24-19(23-17)25-12-6-8-14-7-2-3-9-15(14)25/h2-5,7,9-11,13H,6,8,12H2,1H3,(H2,20,22,23,24). The summed E-state index contributed by atoms with van der Waals surface area (Å²) in [5.74, 6) is 1.54. The lowest BCUT2D eigenvalue weighted by atomic mass is 10.0. The van der Waals surface area contributed by atoms with Crippen LogP contribution in [0.4, 0.5) is 17.6 Å². The number of benzene rings is 1. The van der Waals surface area contributed by atoms with E-state index in [0.29, 0.717) is 11.8 Å². The third kappa shape index (κ3) is 3.48. The number of hydrogen-bond donors (Lipinski definition) is 1. The van der Waals surface area contributed by atoms with Gasteiger partial charge in [-0.2, -0.15) is 15.0 Å². The molecular weight excluding hydrogens is 344 g/mol. The van der Waals surface area contributed by atoms with Crippen LogP contribution in [0.15, 0.2) is 53.7 Å². The molecule has 0 radical (unpaired) electrons. The second-order valence-corrected chi connectivity index (χ2v) is 7.52. The van der Waals surface area contributed by atoms with Gasteiger partial charge in [-0.15, -0.1) is 0 Å². The number of pyridine rings is 1. The van der Waals surface area contributed by atoms with Crippen molar-refractivity contribution < 1.29 is 0 Å². The minimum absolute atomic E-state index is 0.0222. The Morgan fingerprint density at radius 3 is 2.77 bits per heavy atom. The van der Waals surface area contributed by atoms with E-state index in [4.69, 9.17) is 10.7 Å². The lowest BCUT2D eigenvalue weighted by Crippen LogP contribution is -2.27. The number of hydrogen-bond acceptors (Lipinski definition) is 7. The highest BCUT2D eigenvalue weighted by Gasteiger charge is 2.22. The molecular formula is C19H20N6S. The van der Waals surface area contributed by atoms with Gasteiger partial charge in [0, 0.05) is 18.4 Å². The van der Waals surface area contributed by atoms with E-state index in [1.807, 2.05) is 24.3 Å². The highest BCUT2D eigenvalue weighted by atomic mass is 32.2. The van der Waals surface area contributed by atoms with Crippen LogP contribution >= 0.6 is 11.8 Å². The summed E-state index contributed by atoms with van der Waals surface area (Å²) in [5, 5.41) is 0.956. The molecule has 1 aromatic carbocycles. The largest absolute Gasteiger partial charge is 0.368 e. The predicted molar refractivity (Wildman–Crippen MR) is 105 cm³/mol. The molecule has 6 nitrogen and oxygen atoms in total. The summed E-state index contributed by atoms with van der Waals surface area (Å²) < 4.78 is 0. The fourth-order valence-electron chi connectivity index (χ4n) is 3.09. The molecule has 4 rings (SSSR count). The molecule has 0 aliphatic carbocycles. The van der Waals surface area contributed by atoms with E-state index in [9.17, 15) is 0 Å². The summed E-state index contributed by atoms with van der Waals surface area (Å²) in [6.45, 7) is 2.93. The maximum absolute atomic E-state index is 6.00. The average Bonchev–Trinajstić information content (AvgIpc) is 2.68. The summed E-state index contributed by atoms with van der Waals surface area (Å²) in [5.41, 5.74) is 8.47. The molecule has 0 saturated carbocycles. The van der Waals surface area contributed by atoms with Crippen LogP contribution in [0.1, 0.15) is 30.0 Å². The van der Waals surface area contributed by atoms with Crippen molar-refractivity contribution in [3.05, 3.63) is 60.0 Å². The summed E-state index contributed by atoms with van der Waals surface area (Å²) in [7, 11) is 0. The van der Waals surface area contributed by atoms with Crippen LogP contribution < -0.4 is 10.6 Å². The Bertz CT molecular complexity index is 902. The van der Waals surface area contributed by atoms with E-state index in [-0.39, 0.29) is 11.2 Å². The van der Waals surface area contributed by atoms with Crippen molar-refractivity contribution in [1.29, 1.82) is 0 Å². The van der Waals surface area contributed by atoms with E-state index >= 15 is 0 Å². The first-order chi connectivity index (χ1) is 12.7. The number of aryl methyl sites for hydroxylation is 1. The van der Waals surface area contributed by atoms with E-state index in [1.165, 1.54) is 5.56 Å². The van der Waals surface area contributed by atoms with Gasteiger partial charge in [-0.25, -0.2) is 4.98 Å². The zero-order valence-electron chi connectivity index (χ0n) is 14.5. The SMILES string of the molecule is CC(Sc1ccccn1)c1nc(N)nc(N2CCCc3ccccc32)n1. The number of fused-ring (bicyclic) bond motifs is 1. The van der Waals surface area contributed by atoms with Gasteiger partial charge in [-0.05, 0) is 43.5 Å². The van der Waals surface area contributed by atoms with Gasteiger partial charge >= 0.3 is 0 Å². The first kappa shape index (κ1) is 16.8. The molecule has 0 spiro atoms. The third-order valence-electron chi connectivity index (χ3n) is 4.31. The van der Waals surface area contributed by atoms with Gasteiger partial charge in [0.15, 0.2) is 0 Å². The van der Waals surface area contributed by atoms with Crippen molar-refractivity contribution in [2.24, 2.45) is 0 Å². The molecule has 2 N–H and O–H groups in total. The molecule has 0 amide bonds. The van der Waals surface area contributed by atoms with Crippen molar-refractivity contribution in [2.45, 2.75) is 30.0 Å². The zero-order chi connectivity index (χ0) is 17.9. The fourth-order valence-corrected chi connectivity index (χ4v) is 3.94. The van der Waals surface area contributed by atoms with Gasteiger partial charge in [-0.1, -0.05) is 36.0 Å². The van der Waals surface area contributed by atoms with Crippen LogP contribution in [0.5, 0.6) is 0 Å². The van der Waals surface area contributed by atoms with Gasteiger partial charge in [0.05, 0.1) is 10.3 Å². The number of rotatable bonds is 4. The molecule has 1 unspecified atom stereocenters. The molecule has 3 heterocycles. The van der Waals surface area contributed by atoms with Gasteiger partial charge in [0.1, 0.15) is 5.82 Å². The van der Waals surface area contributed by atoms with E-state index < -0.39 is 0 Å². The molecule has 2 aromatic heterocycles. The highest BCUT2D eigenvalue weighted by molar-refractivity contribution is 7.99. The maximum atomic E-state index is 6.00. The maximum Gasteiger partial charge on any atom is 0.235 e. The van der Waals surface area contributed by atoms with Crippen molar-refractivity contribution in [2.75, 3.05) is 17.2 Å². The predicted octanol–water partition coefficient (Wildman–Crippen LogP) is 3.79. The Hall–Kier alpha value is -2.67. The summed E-state index contributed by atoms with van der Waals surface area (Å²) in [4.78, 5) is 20.0. The lowest BCUT2D eigenvalue weighted by Gasteiger charge is -2.29. The molecule has 132 valence electrons. The molecule has 0 saturated heterocycles. The molecule has 7 heteroatoms. The Labute approximate surface area is 156 Å². The van der Waals surface area contributed by atoms with Gasteiger partial charge in [0.2, 0.25) is 11.9 Å². The minimum atomic E-state index is 0.0222. The molecule has 26 heavy (non-hydrogen) atoms. The van der Waals surface area contributed by atoms with E-state index in [0.717, 1.165) is 30.1 Å². The van der Waals surface area contributed by atoms with Crippen LogP contribution in [0, 0.1) is 0 Å². The zero-order valence-corrected chi connectivity index (χ0v) is 15.4. The second kappa shape index (κ2) is 7.29. The van der Waals surface area contributed by atoms with Crippen molar-refractivity contribution in [3.63, 3.8) is 0 Å². The van der Waals surface area contributed by atoms with Crippen LogP contribution in [0.25, 0.3) is 0 Å². The summed E-state index contributed by atoms with van der Waals surface area (Å²) in [6, 6.07) is 14.2. The number of thioether (sulfide) groups is 1. The highest BCUT2D eigenvalue weighted by Crippen LogP contribution is 2.35. The van der Waals surface area contributed by atoms with Crippen LogP contribution in [-0.4, -0.2) is 26.5 Å². The van der Waals surface area contributed by atoms with Crippen LogP contribution in [0.3, 0.4) is 0 Å². The molecule has 0 fully saturated rings. The quantitative estimate of drug-likeness (QED) is 0.705. The van der Waals surface area contributed by atoms with Crippen molar-refractivity contribution in [3.8, 4) is 0 Å². The van der Waals surface area contributed by atoms with Gasteiger partial charge in [-0.3, -0.25) is 0 Å². The van der Waals surface area contributed by atoms with Gasteiger partial charge < -0.3 is 10.6 Å². The van der Waals surface area contributed by atoms with Crippen molar-refractivity contribution >= 4 is 29.3 Å². The normalized spacial score (nSPS) is 14.7. The molecule has 1 aliphatic rings. The minimum Gasteiger partial charge on any atom is -0.368 e.